The third-order valence-corrected chi connectivity index (χ3v) is 4.54. The van der Waals surface area contributed by atoms with Crippen LogP contribution in [0.15, 0.2) is 40.9 Å². The molecule has 1 N–H and O–H groups in total. The van der Waals surface area contributed by atoms with Gasteiger partial charge in [-0.15, -0.1) is 0 Å². The van der Waals surface area contributed by atoms with E-state index < -0.39 is 23.7 Å². The molecule has 0 aromatic heterocycles. The minimum Gasteiger partial charge on any atom is -0.479 e. The smallest absolute Gasteiger partial charge is 0.331 e. The molecule has 3 rings (SSSR count). The summed E-state index contributed by atoms with van der Waals surface area (Å²) in [7, 11) is 1.41. The Labute approximate surface area is 157 Å². The van der Waals surface area contributed by atoms with E-state index in [0.717, 1.165) is 12.1 Å². The van der Waals surface area contributed by atoms with Crippen LogP contribution in [0.5, 0.6) is 5.75 Å². The second-order valence-electron chi connectivity index (χ2n) is 5.71. The molecule has 0 aliphatic carbocycles. The molecule has 1 aliphatic heterocycles. The molecule has 2 aromatic rings. The molecule has 0 fully saturated rings. The number of hydrogen-bond acceptors (Lipinski definition) is 4. The van der Waals surface area contributed by atoms with Gasteiger partial charge in [0, 0.05) is 29.3 Å². The zero-order valence-corrected chi connectivity index (χ0v) is 15.3. The summed E-state index contributed by atoms with van der Waals surface area (Å²) in [5.41, 5.74) is 1.18. The zero-order valence-electron chi connectivity index (χ0n) is 13.7. The minimum absolute atomic E-state index is 0.0507. The Morgan fingerprint density at radius 1 is 1.35 bits per heavy atom. The first kappa shape index (κ1) is 18.3. The molecule has 6 nitrogen and oxygen atoms in total. The molecular formula is C18H15BrFNO5. The molecule has 0 bridgehead atoms. The van der Waals surface area contributed by atoms with Crippen LogP contribution in [0.2, 0.25) is 0 Å². The molecule has 0 saturated carbocycles. The maximum Gasteiger partial charge on any atom is 0.331 e. The number of carboxylic acids is 1. The maximum absolute atomic E-state index is 13.8. The number of benzene rings is 2. The standard InChI is InChI=1S/C18H15BrFNO5/c1-25-9-26-15-5-4-12(20)7-14(15)16(18(23)24)21-8-10-2-3-11(19)6-13(10)17(21)22/h2-7,16H,8-9H2,1H3,(H,23,24). The topological polar surface area (TPSA) is 76.1 Å². The largest absolute Gasteiger partial charge is 0.479 e. The molecule has 26 heavy (non-hydrogen) atoms. The lowest BCUT2D eigenvalue weighted by atomic mass is 10.0. The first-order valence-electron chi connectivity index (χ1n) is 7.65. The van der Waals surface area contributed by atoms with Crippen LogP contribution in [0.1, 0.15) is 27.5 Å². The molecule has 0 spiro atoms. The highest BCUT2D eigenvalue weighted by molar-refractivity contribution is 9.10. The third-order valence-electron chi connectivity index (χ3n) is 4.05. The SMILES string of the molecule is COCOc1ccc(F)cc1C(C(=O)O)N1Cc2ccc(Br)cc2C1=O. The highest BCUT2D eigenvalue weighted by Crippen LogP contribution is 2.36. The number of methoxy groups -OCH3 is 1. The van der Waals surface area contributed by atoms with Crippen LogP contribution in [0, 0.1) is 5.82 Å². The molecule has 1 unspecified atom stereocenters. The van der Waals surface area contributed by atoms with Crippen molar-refractivity contribution in [2.24, 2.45) is 0 Å². The molecule has 1 heterocycles. The number of amides is 1. The molecule has 1 atom stereocenters. The predicted molar refractivity (Wildman–Crippen MR) is 93.3 cm³/mol. The van der Waals surface area contributed by atoms with Crippen LogP contribution in [-0.4, -0.2) is 35.8 Å². The molecule has 1 aliphatic rings. The van der Waals surface area contributed by atoms with Crippen LogP contribution in [0.4, 0.5) is 4.39 Å². The van der Waals surface area contributed by atoms with Crippen LogP contribution >= 0.6 is 15.9 Å². The fraction of sp³-hybridized carbons (Fsp3) is 0.222. The van der Waals surface area contributed by atoms with E-state index in [1.807, 2.05) is 0 Å². The average Bonchev–Trinajstić information content (AvgIpc) is 2.90. The van der Waals surface area contributed by atoms with Gasteiger partial charge in [0.05, 0.1) is 0 Å². The second-order valence-corrected chi connectivity index (χ2v) is 6.62. The Bertz CT molecular complexity index is 873. The number of rotatable bonds is 6. The van der Waals surface area contributed by atoms with Gasteiger partial charge in [-0.1, -0.05) is 22.0 Å². The Morgan fingerprint density at radius 3 is 2.81 bits per heavy atom. The highest BCUT2D eigenvalue weighted by atomic mass is 79.9. The molecule has 8 heteroatoms. The van der Waals surface area contributed by atoms with Crippen molar-refractivity contribution in [3.63, 3.8) is 0 Å². The van der Waals surface area contributed by atoms with Crippen molar-refractivity contribution < 1.29 is 28.6 Å². The van der Waals surface area contributed by atoms with Crippen molar-refractivity contribution in [2.45, 2.75) is 12.6 Å². The van der Waals surface area contributed by atoms with Gasteiger partial charge >= 0.3 is 5.97 Å². The van der Waals surface area contributed by atoms with Gasteiger partial charge in [-0.05, 0) is 35.9 Å². The monoisotopic (exact) mass is 423 g/mol. The lowest BCUT2D eigenvalue weighted by Gasteiger charge is -2.26. The van der Waals surface area contributed by atoms with Gasteiger partial charge in [0.1, 0.15) is 11.6 Å². The van der Waals surface area contributed by atoms with E-state index in [0.29, 0.717) is 15.6 Å². The van der Waals surface area contributed by atoms with Gasteiger partial charge in [-0.3, -0.25) is 4.79 Å². The molecule has 0 radical (unpaired) electrons. The minimum atomic E-state index is -1.39. The van der Waals surface area contributed by atoms with Crippen LogP contribution in [0.25, 0.3) is 0 Å². The molecule has 136 valence electrons. The van der Waals surface area contributed by atoms with Crippen molar-refractivity contribution >= 4 is 27.8 Å². The summed E-state index contributed by atoms with van der Waals surface area (Å²) >= 11 is 3.30. The van der Waals surface area contributed by atoms with Crippen molar-refractivity contribution in [3.8, 4) is 5.75 Å². The molecular weight excluding hydrogens is 409 g/mol. The van der Waals surface area contributed by atoms with Gasteiger partial charge in [-0.2, -0.15) is 0 Å². The summed E-state index contributed by atoms with van der Waals surface area (Å²) in [6.45, 7) is -0.0231. The van der Waals surface area contributed by atoms with Crippen LogP contribution in [-0.2, 0) is 16.1 Å². The van der Waals surface area contributed by atoms with Gasteiger partial charge in [0.15, 0.2) is 12.8 Å². The number of hydrogen-bond donors (Lipinski definition) is 1. The number of ether oxygens (including phenoxy) is 2. The van der Waals surface area contributed by atoms with E-state index in [4.69, 9.17) is 9.47 Å². The summed E-state index contributed by atoms with van der Waals surface area (Å²) in [5.74, 6) is -2.19. The fourth-order valence-corrected chi connectivity index (χ4v) is 3.29. The Hall–Kier alpha value is -2.45. The van der Waals surface area contributed by atoms with Gasteiger partial charge < -0.3 is 19.5 Å². The number of nitrogens with zero attached hydrogens (tertiary/aromatic N) is 1. The summed E-state index contributed by atoms with van der Waals surface area (Å²) in [4.78, 5) is 25.9. The van der Waals surface area contributed by atoms with Crippen LogP contribution < -0.4 is 4.74 Å². The number of carbonyl (C=O) groups is 2. The van der Waals surface area contributed by atoms with Crippen LogP contribution in [0.3, 0.4) is 0 Å². The van der Waals surface area contributed by atoms with E-state index in [1.165, 1.54) is 18.1 Å². The number of aliphatic carboxylic acids is 1. The lowest BCUT2D eigenvalue weighted by Crippen LogP contribution is -2.34. The van der Waals surface area contributed by atoms with E-state index in [-0.39, 0.29) is 24.7 Å². The lowest BCUT2D eigenvalue weighted by molar-refractivity contribution is -0.142. The van der Waals surface area contributed by atoms with Crippen molar-refractivity contribution in [3.05, 3.63) is 63.4 Å². The van der Waals surface area contributed by atoms with Gasteiger partial charge in [0.2, 0.25) is 0 Å². The maximum atomic E-state index is 13.8. The average molecular weight is 424 g/mol. The van der Waals surface area contributed by atoms with Gasteiger partial charge in [-0.25, -0.2) is 9.18 Å². The summed E-state index contributed by atoms with van der Waals surface area (Å²) in [6, 6.07) is 7.33. The van der Waals surface area contributed by atoms with Crippen molar-refractivity contribution in [1.82, 2.24) is 4.90 Å². The first-order valence-corrected chi connectivity index (χ1v) is 8.45. The summed E-state index contributed by atoms with van der Waals surface area (Å²) in [6.07, 6.45) is 0. The highest BCUT2D eigenvalue weighted by Gasteiger charge is 2.39. The summed E-state index contributed by atoms with van der Waals surface area (Å²) in [5, 5.41) is 9.77. The number of carboxylic acid groups (broad SMARTS) is 1. The quantitative estimate of drug-likeness (QED) is 0.720. The second kappa shape index (κ2) is 7.43. The number of fused-ring (bicyclic) bond motifs is 1. The Kier molecular flexibility index (Phi) is 5.24. The first-order chi connectivity index (χ1) is 12.4. The summed E-state index contributed by atoms with van der Waals surface area (Å²) < 4.78 is 24.7. The Balaban J connectivity index is 2.03. The third kappa shape index (κ3) is 3.42. The van der Waals surface area contributed by atoms with Crippen molar-refractivity contribution in [1.29, 1.82) is 0 Å². The molecule has 0 saturated heterocycles. The zero-order chi connectivity index (χ0) is 18.8. The Morgan fingerprint density at radius 2 is 2.12 bits per heavy atom. The fourth-order valence-electron chi connectivity index (χ4n) is 2.93. The van der Waals surface area contributed by atoms with E-state index in [2.05, 4.69) is 15.9 Å². The number of carbonyl (C=O) groups excluding carboxylic acids is 1. The molecule has 1 amide bonds. The number of halogens is 2. The van der Waals surface area contributed by atoms with E-state index in [1.54, 1.807) is 18.2 Å². The predicted octanol–water partition coefficient (Wildman–Crippen LogP) is 3.35. The van der Waals surface area contributed by atoms with E-state index in [9.17, 15) is 19.1 Å². The normalized spacial score (nSPS) is 14.3. The van der Waals surface area contributed by atoms with E-state index >= 15 is 0 Å². The van der Waals surface area contributed by atoms with Gasteiger partial charge in [0.25, 0.3) is 5.91 Å². The van der Waals surface area contributed by atoms with Crippen molar-refractivity contribution in [2.75, 3.05) is 13.9 Å². The molecule has 2 aromatic carbocycles.